The molecule has 0 amide bonds. The molecule has 0 aliphatic carbocycles. The summed E-state index contributed by atoms with van der Waals surface area (Å²) in [5.74, 6) is 2.64. The van der Waals surface area contributed by atoms with Gasteiger partial charge in [-0.1, -0.05) is 31.1 Å². The summed E-state index contributed by atoms with van der Waals surface area (Å²) in [5, 5.41) is 10.9. The van der Waals surface area contributed by atoms with Crippen LogP contribution in [-0.4, -0.2) is 31.8 Å². The van der Waals surface area contributed by atoms with Crippen LogP contribution >= 0.6 is 0 Å². The topological polar surface area (TPSA) is 71.7 Å². The number of hydrogen-bond donors (Lipinski definition) is 2. The van der Waals surface area contributed by atoms with Gasteiger partial charge in [0, 0.05) is 32.1 Å². The van der Waals surface area contributed by atoms with E-state index >= 15 is 0 Å². The summed E-state index contributed by atoms with van der Waals surface area (Å²) in [7, 11) is 3.47. The molecule has 0 atom stereocenters. The number of ether oxygens (including phenoxy) is 1. The van der Waals surface area contributed by atoms with Crippen LogP contribution in [0, 0.1) is 0 Å². The second-order valence-corrected chi connectivity index (χ2v) is 6.04. The highest BCUT2D eigenvalue weighted by Gasteiger charge is 2.13. The summed E-state index contributed by atoms with van der Waals surface area (Å²) in [5.41, 5.74) is 3.47. The number of methoxy groups -OCH3 is 1. The molecule has 0 spiro atoms. The average Bonchev–Trinajstić information content (AvgIpc) is 3.09. The van der Waals surface area contributed by atoms with Crippen molar-refractivity contribution in [2.45, 2.75) is 46.1 Å². The van der Waals surface area contributed by atoms with Crippen molar-refractivity contribution in [1.29, 1.82) is 0 Å². The second-order valence-electron chi connectivity index (χ2n) is 6.04. The molecule has 1 aromatic heterocycles. The van der Waals surface area contributed by atoms with E-state index in [2.05, 4.69) is 46.8 Å². The van der Waals surface area contributed by atoms with E-state index < -0.39 is 0 Å². The number of aromatic nitrogens is 1. The molecule has 0 aliphatic heterocycles. The molecular weight excluding hydrogens is 328 g/mol. The first-order valence-corrected chi connectivity index (χ1v) is 9.25. The standard InChI is InChI=1S/C20H30N4O2/c1-5-18-17(19(6-2)26-24-18)14-23-20(21-3)22-13-7-8-15-9-11-16(25-4)12-10-15/h9-12H,5-8,13-14H2,1-4H3,(H2,21,22,23). The molecule has 0 saturated carbocycles. The lowest BCUT2D eigenvalue weighted by molar-refractivity contribution is 0.380. The first-order chi connectivity index (χ1) is 12.7. The van der Waals surface area contributed by atoms with Crippen LogP contribution in [0.4, 0.5) is 0 Å². The highest BCUT2D eigenvalue weighted by Crippen LogP contribution is 2.15. The predicted molar refractivity (Wildman–Crippen MR) is 105 cm³/mol. The van der Waals surface area contributed by atoms with Crippen LogP contribution in [0.5, 0.6) is 5.75 Å². The molecule has 6 heteroatoms. The molecule has 1 aromatic carbocycles. The van der Waals surface area contributed by atoms with Crippen LogP contribution in [-0.2, 0) is 25.8 Å². The maximum absolute atomic E-state index is 5.41. The summed E-state index contributed by atoms with van der Waals surface area (Å²) < 4.78 is 10.6. The Balaban J connectivity index is 1.76. The number of rotatable bonds is 9. The summed E-state index contributed by atoms with van der Waals surface area (Å²) in [6.07, 6.45) is 3.76. The number of aryl methyl sites for hydroxylation is 3. The van der Waals surface area contributed by atoms with Crippen LogP contribution in [0.2, 0.25) is 0 Å². The summed E-state index contributed by atoms with van der Waals surface area (Å²) >= 11 is 0. The summed E-state index contributed by atoms with van der Waals surface area (Å²) in [6, 6.07) is 8.21. The van der Waals surface area contributed by atoms with Crippen molar-refractivity contribution in [3.8, 4) is 5.75 Å². The molecule has 2 N–H and O–H groups in total. The van der Waals surface area contributed by atoms with Gasteiger partial charge in [0.05, 0.1) is 12.8 Å². The van der Waals surface area contributed by atoms with E-state index in [1.54, 1.807) is 14.2 Å². The van der Waals surface area contributed by atoms with Crippen molar-refractivity contribution in [3.05, 3.63) is 46.8 Å². The molecule has 0 aliphatic rings. The van der Waals surface area contributed by atoms with Gasteiger partial charge in [0.1, 0.15) is 11.5 Å². The second kappa shape index (κ2) is 10.5. The van der Waals surface area contributed by atoms with Crippen LogP contribution in [0.15, 0.2) is 33.8 Å². The van der Waals surface area contributed by atoms with Crippen LogP contribution in [0.25, 0.3) is 0 Å². The minimum Gasteiger partial charge on any atom is -0.497 e. The van der Waals surface area contributed by atoms with Crippen LogP contribution in [0.1, 0.15) is 42.8 Å². The maximum Gasteiger partial charge on any atom is 0.191 e. The van der Waals surface area contributed by atoms with Gasteiger partial charge in [0.2, 0.25) is 0 Å². The van der Waals surface area contributed by atoms with E-state index in [0.29, 0.717) is 6.54 Å². The monoisotopic (exact) mass is 358 g/mol. The number of benzene rings is 1. The number of nitrogens with zero attached hydrogens (tertiary/aromatic N) is 2. The normalized spacial score (nSPS) is 11.5. The van der Waals surface area contributed by atoms with Crippen LogP contribution in [0.3, 0.4) is 0 Å². The zero-order chi connectivity index (χ0) is 18.8. The minimum atomic E-state index is 0.675. The Morgan fingerprint density at radius 2 is 1.92 bits per heavy atom. The Labute approximate surface area is 156 Å². The third kappa shape index (κ3) is 5.51. The third-order valence-corrected chi connectivity index (χ3v) is 4.36. The first kappa shape index (κ1) is 19.8. The van der Waals surface area contributed by atoms with E-state index in [1.165, 1.54) is 5.56 Å². The van der Waals surface area contributed by atoms with Crippen molar-refractivity contribution in [3.63, 3.8) is 0 Å². The molecule has 2 rings (SSSR count). The highest BCUT2D eigenvalue weighted by atomic mass is 16.5. The van der Waals surface area contributed by atoms with Crippen molar-refractivity contribution < 1.29 is 9.26 Å². The smallest absolute Gasteiger partial charge is 0.191 e. The van der Waals surface area contributed by atoms with Crippen molar-refractivity contribution in [2.24, 2.45) is 4.99 Å². The van der Waals surface area contributed by atoms with Crippen molar-refractivity contribution >= 4 is 5.96 Å². The Kier molecular flexibility index (Phi) is 7.99. The largest absolute Gasteiger partial charge is 0.497 e. The Bertz CT molecular complexity index is 671. The summed E-state index contributed by atoms with van der Waals surface area (Å²) in [4.78, 5) is 4.29. The molecule has 0 saturated heterocycles. The number of nitrogens with one attached hydrogen (secondary N) is 2. The first-order valence-electron chi connectivity index (χ1n) is 9.25. The molecule has 0 unspecified atom stereocenters. The van der Waals surface area contributed by atoms with Gasteiger partial charge in [0.25, 0.3) is 0 Å². The van der Waals surface area contributed by atoms with E-state index in [9.17, 15) is 0 Å². The minimum absolute atomic E-state index is 0.675. The lowest BCUT2D eigenvalue weighted by atomic mass is 10.1. The lowest BCUT2D eigenvalue weighted by Crippen LogP contribution is -2.37. The van der Waals surface area contributed by atoms with Gasteiger partial charge in [-0.2, -0.15) is 0 Å². The molecule has 6 nitrogen and oxygen atoms in total. The lowest BCUT2D eigenvalue weighted by Gasteiger charge is -2.12. The molecule has 0 fully saturated rings. The van der Waals surface area contributed by atoms with Gasteiger partial charge in [0.15, 0.2) is 5.96 Å². The molecule has 26 heavy (non-hydrogen) atoms. The zero-order valence-corrected chi connectivity index (χ0v) is 16.3. The van der Waals surface area contributed by atoms with E-state index in [4.69, 9.17) is 9.26 Å². The SMILES string of the molecule is CCc1noc(CC)c1CNC(=NC)NCCCc1ccc(OC)cc1. The molecule has 0 radical (unpaired) electrons. The van der Waals surface area contributed by atoms with Gasteiger partial charge in [-0.3, -0.25) is 4.99 Å². The van der Waals surface area contributed by atoms with Gasteiger partial charge < -0.3 is 19.9 Å². The number of aliphatic imine (C=N–C) groups is 1. The van der Waals surface area contributed by atoms with Crippen molar-refractivity contribution in [1.82, 2.24) is 15.8 Å². The maximum atomic E-state index is 5.41. The fourth-order valence-corrected chi connectivity index (χ4v) is 2.82. The Hall–Kier alpha value is -2.50. The van der Waals surface area contributed by atoms with Gasteiger partial charge in [-0.15, -0.1) is 0 Å². The fraction of sp³-hybridized carbons (Fsp3) is 0.500. The molecule has 1 heterocycles. The fourth-order valence-electron chi connectivity index (χ4n) is 2.82. The Morgan fingerprint density at radius 1 is 1.15 bits per heavy atom. The number of hydrogen-bond acceptors (Lipinski definition) is 4. The van der Waals surface area contributed by atoms with E-state index in [0.717, 1.165) is 61.0 Å². The third-order valence-electron chi connectivity index (χ3n) is 4.36. The zero-order valence-electron chi connectivity index (χ0n) is 16.3. The van der Waals surface area contributed by atoms with E-state index in [-0.39, 0.29) is 0 Å². The van der Waals surface area contributed by atoms with Crippen LogP contribution < -0.4 is 15.4 Å². The van der Waals surface area contributed by atoms with E-state index in [1.807, 2.05) is 12.1 Å². The quantitative estimate of drug-likeness (QED) is 0.409. The summed E-state index contributed by atoms with van der Waals surface area (Å²) in [6.45, 7) is 5.70. The molecule has 142 valence electrons. The highest BCUT2D eigenvalue weighted by molar-refractivity contribution is 5.79. The van der Waals surface area contributed by atoms with Gasteiger partial charge >= 0.3 is 0 Å². The predicted octanol–water partition coefficient (Wildman–Crippen LogP) is 3.11. The average molecular weight is 358 g/mol. The molecule has 0 bridgehead atoms. The Morgan fingerprint density at radius 3 is 2.54 bits per heavy atom. The van der Waals surface area contributed by atoms with Gasteiger partial charge in [-0.05, 0) is 37.0 Å². The molecule has 2 aromatic rings. The van der Waals surface area contributed by atoms with Gasteiger partial charge in [-0.25, -0.2) is 0 Å². The number of guanidine groups is 1. The molecular formula is C20H30N4O2. The van der Waals surface area contributed by atoms with Crippen molar-refractivity contribution in [2.75, 3.05) is 20.7 Å².